The van der Waals surface area contributed by atoms with Crippen LogP contribution in [0.3, 0.4) is 0 Å². The fourth-order valence-corrected chi connectivity index (χ4v) is 1.36. The molecule has 0 aliphatic heterocycles. The number of nitrogens with zero attached hydrogens (tertiary/aromatic N) is 1. The molecule has 3 atom stereocenters. The maximum Gasteiger partial charge on any atom is 0.300 e. The van der Waals surface area contributed by atoms with E-state index in [2.05, 4.69) is 4.98 Å². The van der Waals surface area contributed by atoms with E-state index in [-0.39, 0.29) is 0 Å². The highest BCUT2D eigenvalue weighted by Crippen LogP contribution is 2.07. The van der Waals surface area contributed by atoms with Crippen LogP contribution in [0.2, 0.25) is 0 Å². The molecule has 0 amide bonds. The quantitative estimate of drug-likeness (QED) is 0.606. The van der Waals surface area contributed by atoms with Gasteiger partial charge in [-0.2, -0.15) is 0 Å². The number of rotatable bonds is 5. The highest BCUT2D eigenvalue weighted by molar-refractivity contribution is 5.62. The van der Waals surface area contributed by atoms with Crippen molar-refractivity contribution in [2.45, 2.75) is 44.9 Å². The number of nitrogens with two attached hydrogens (primary N) is 1. The van der Waals surface area contributed by atoms with Gasteiger partial charge in [0.15, 0.2) is 0 Å². The van der Waals surface area contributed by atoms with Gasteiger partial charge in [-0.25, -0.2) is 0 Å². The molecule has 5 N–H and O–H groups in total. The van der Waals surface area contributed by atoms with Gasteiger partial charge in [-0.05, 0) is 31.9 Å². The Morgan fingerprint density at radius 1 is 1.42 bits per heavy atom. The largest absolute Gasteiger partial charge is 0.481 e. The minimum Gasteiger partial charge on any atom is -0.481 e. The molecule has 3 unspecified atom stereocenters. The first-order chi connectivity index (χ1) is 8.84. The van der Waals surface area contributed by atoms with Crippen molar-refractivity contribution in [1.29, 1.82) is 0 Å². The molecule has 0 radical (unpaired) electrons. The third kappa shape index (κ3) is 9.12. The van der Waals surface area contributed by atoms with Gasteiger partial charge in [-0.15, -0.1) is 0 Å². The maximum atomic E-state index is 9.59. The summed E-state index contributed by atoms with van der Waals surface area (Å²) in [6, 6.07) is 5.22. The Labute approximate surface area is 112 Å². The molecule has 0 saturated heterocycles. The van der Waals surface area contributed by atoms with E-state index in [9.17, 15) is 10.2 Å². The van der Waals surface area contributed by atoms with E-state index in [0.717, 1.165) is 12.6 Å². The highest BCUT2D eigenvalue weighted by Gasteiger charge is 2.19. The summed E-state index contributed by atoms with van der Waals surface area (Å²) in [7, 11) is 0. The second kappa shape index (κ2) is 9.43. The van der Waals surface area contributed by atoms with Crippen LogP contribution in [0.4, 0.5) is 0 Å². The van der Waals surface area contributed by atoms with E-state index in [1.165, 1.54) is 0 Å². The van der Waals surface area contributed by atoms with Crippen LogP contribution in [0.15, 0.2) is 24.4 Å². The van der Waals surface area contributed by atoms with E-state index in [1.54, 1.807) is 13.1 Å². The van der Waals surface area contributed by atoms with E-state index >= 15 is 0 Å². The summed E-state index contributed by atoms with van der Waals surface area (Å²) in [6.45, 7) is 2.76. The summed E-state index contributed by atoms with van der Waals surface area (Å²) in [5.41, 5.74) is 6.39. The zero-order valence-electron chi connectivity index (χ0n) is 11.2. The van der Waals surface area contributed by atoms with Gasteiger partial charge in [0.05, 0.1) is 12.2 Å². The van der Waals surface area contributed by atoms with Gasteiger partial charge in [-0.1, -0.05) is 6.07 Å². The average molecular weight is 270 g/mol. The monoisotopic (exact) mass is 270 g/mol. The molecule has 0 fully saturated rings. The Morgan fingerprint density at radius 3 is 2.42 bits per heavy atom. The first-order valence-corrected chi connectivity index (χ1v) is 6.05. The normalized spacial score (nSPS) is 14.8. The fraction of sp³-hybridized carbons (Fsp3) is 0.538. The van der Waals surface area contributed by atoms with E-state index < -0.39 is 24.2 Å². The molecule has 0 spiro atoms. The van der Waals surface area contributed by atoms with E-state index in [4.69, 9.17) is 15.6 Å². The Bertz CT molecular complexity index is 353. The Morgan fingerprint density at radius 2 is 2.00 bits per heavy atom. The van der Waals surface area contributed by atoms with Gasteiger partial charge in [0.1, 0.15) is 0 Å². The number of aliphatic hydroxyl groups is 2. The lowest BCUT2D eigenvalue weighted by atomic mass is 10.0. The summed E-state index contributed by atoms with van der Waals surface area (Å²) >= 11 is 0. The molecule has 6 nitrogen and oxygen atoms in total. The molecule has 1 rings (SSSR count). The van der Waals surface area contributed by atoms with Gasteiger partial charge in [0.2, 0.25) is 0 Å². The van der Waals surface area contributed by atoms with Crippen molar-refractivity contribution in [2.24, 2.45) is 5.73 Å². The molecule has 0 aromatic carbocycles. The number of aryl methyl sites for hydroxylation is 1. The molecule has 108 valence electrons. The zero-order valence-corrected chi connectivity index (χ0v) is 11.2. The van der Waals surface area contributed by atoms with Crippen molar-refractivity contribution in [2.75, 3.05) is 0 Å². The maximum absolute atomic E-state index is 9.59. The van der Waals surface area contributed by atoms with Crippen LogP contribution in [0, 0.1) is 0 Å². The van der Waals surface area contributed by atoms with Crippen molar-refractivity contribution >= 4 is 5.97 Å². The Kier molecular flexibility index (Phi) is 8.69. The van der Waals surface area contributed by atoms with Gasteiger partial charge in [0, 0.05) is 24.9 Å². The zero-order chi connectivity index (χ0) is 14.8. The number of aliphatic carboxylic acids is 1. The molecule has 0 aliphatic rings. The molecule has 0 saturated carbocycles. The predicted octanol–water partition coefficient (Wildman–Crippen LogP) is 0.174. The molecule has 6 heteroatoms. The first kappa shape index (κ1) is 17.5. The number of aromatic nitrogens is 1. The van der Waals surface area contributed by atoms with Crippen molar-refractivity contribution in [3.05, 3.63) is 30.1 Å². The van der Waals surface area contributed by atoms with E-state index in [0.29, 0.717) is 12.8 Å². The topological polar surface area (TPSA) is 117 Å². The number of pyridine rings is 1. The standard InChI is InChI=1S/C11H18N2O2.C2H4O2/c1-8(12)11(15)10(14)6-5-9-4-2-3-7-13-9;1-2(3)4/h2-4,7-8,10-11,14-15H,5-6,12H2,1H3;1H3,(H,3,4). The van der Waals surface area contributed by atoms with Crippen LogP contribution >= 0.6 is 0 Å². The lowest BCUT2D eigenvalue weighted by molar-refractivity contribution is -0.134. The summed E-state index contributed by atoms with van der Waals surface area (Å²) in [4.78, 5) is 13.1. The minimum absolute atomic E-state index is 0.413. The fourth-order valence-electron chi connectivity index (χ4n) is 1.36. The molecule has 0 aliphatic carbocycles. The van der Waals surface area contributed by atoms with Crippen LogP contribution in [-0.4, -0.2) is 44.5 Å². The average Bonchev–Trinajstić information content (AvgIpc) is 2.35. The molecule has 1 aromatic heterocycles. The third-order valence-corrected chi connectivity index (χ3v) is 2.36. The van der Waals surface area contributed by atoms with Crippen molar-refractivity contribution < 1.29 is 20.1 Å². The molecule has 0 bridgehead atoms. The number of carboxylic acid groups (broad SMARTS) is 1. The molecular weight excluding hydrogens is 248 g/mol. The Hall–Kier alpha value is -1.50. The SMILES string of the molecule is CC(=O)O.CC(N)C(O)C(O)CCc1ccccn1. The van der Waals surface area contributed by atoms with Crippen molar-refractivity contribution in [1.82, 2.24) is 4.98 Å². The number of hydrogen-bond donors (Lipinski definition) is 4. The number of hydrogen-bond acceptors (Lipinski definition) is 5. The second-order valence-electron chi connectivity index (χ2n) is 4.30. The highest BCUT2D eigenvalue weighted by atomic mass is 16.4. The van der Waals surface area contributed by atoms with Crippen molar-refractivity contribution in [3.8, 4) is 0 Å². The van der Waals surface area contributed by atoms with Crippen LogP contribution in [-0.2, 0) is 11.2 Å². The lowest BCUT2D eigenvalue weighted by Crippen LogP contribution is -2.41. The summed E-state index contributed by atoms with van der Waals surface area (Å²) < 4.78 is 0. The van der Waals surface area contributed by atoms with Crippen LogP contribution in [0.1, 0.15) is 26.0 Å². The molecule has 19 heavy (non-hydrogen) atoms. The lowest BCUT2D eigenvalue weighted by Gasteiger charge is -2.20. The number of carbonyl (C=O) groups is 1. The molecular formula is C13H22N2O4. The van der Waals surface area contributed by atoms with Crippen molar-refractivity contribution in [3.63, 3.8) is 0 Å². The smallest absolute Gasteiger partial charge is 0.300 e. The second-order valence-corrected chi connectivity index (χ2v) is 4.30. The summed E-state index contributed by atoms with van der Waals surface area (Å²) in [6.07, 6.45) is 1.18. The summed E-state index contributed by atoms with van der Waals surface area (Å²) in [5.74, 6) is -0.833. The molecule has 1 heterocycles. The van der Waals surface area contributed by atoms with Crippen LogP contribution in [0.5, 0.6) is 0 Å². The third-order valence-electron chi connectivity index (χ3n) is 2.36. The van der Waals surface area contributed by atoms with E-state index in [1.807, 2.05) is 18.2 Å². The number of aliphatic hydroxyl groups excluding tert-OH is 2. The van der Waals surface area contributed by atoms with Crippen LogP contribution < -0.4 is 5.73 Å². The van der Waals surface area contributed by atoms with Gasteiger partial charge in [-0.3, -0.25) is 9.78 Å². The number of carboxylic acids is 1. The first-order valence-electron chi connectivity index (χ1n) is 6.05. The predicted molar refractivity (Wildman–Crippen MR) is 71.5 cm³/mol. The van der Waals surface area contributed by atoms with Gasteiger partial charge in [0.25, 0.3) is 5.97 Å². The Balaban J connectivity index is 0.000000711. The van der Waals surface area contributed by atoms with Gasteiger partial charge >= 0.3 is 0 Å². The van der Waals surface area contributed by atoms with Gasteiger partial charge < -0.3 is 21.1 Å². The molecule has 1 aromatic rings. The minimum atomic E-state index is -0.867. The summed E-state index contributed by atoms with van der Waals surface area (Å²) in [5, 5.41) is 26.5. The van der Waals surface area contributed by atoms with Crippen LogP contribution in [0.25, 0.3) is 0 Å².